The number of nitrogens with zero attached hydrogens (tertiary/aromatic N) is 1. The Kier molecular flexibility index (Phi) is 5.61. The third kappa shape index (κ3) is 3.64. The Hall–Kier alpha value is -2.03. The first-order chi connectivity index (χ1) is 13.6. The standard InChI is InChI=1S/C20H23N3O3S2/c1-3-26-20(25)13-6-8-23(9-7-13)12(2)17-21-18(24)16-14(11-28-19(16)22-17)15-5-4-10-27-15/h4-5,10-13H,3,6-9H2,1-2H3,(H,21,22,24)/p+1/t12-/m0/s1. The van der Waals surface area contributed by atoms with Gasteiger partial charge in [0, 0.05) is 28.7 Å². The lowest BCUT2D eigenvalue weighted by Gasteiger charge is -2.31. The molecule has 8 heteroatoms. The summed E-state index contributed by atoms with van der Waals surface area (Å²) in [7, 11) is 0. The number of ether oxygens (including phenoxy) is 1. The van der Waals surface area contributed by atoms with Crippen LogP contribution in [0.4, 0.5) is 0 Å². The zero-order valence-electron chi connectivity index (χ0n) is 16.0. The van der Waals surface area contributed by atoms with Crippen LogP contribution >= 0.6 is 22.7 Å². The van der Waals surface area contributed by atoms with Gasteiger partial charge in [-0.2, -0.15) is 0 Å². The average Bonchev–Trinajstić information content (AvgIpc) is 3.37. The Bertz CT molecular complexity index is 1020. The van der Waals surface area contributed by atoms with Crippen LogP contribution in [-0.4, -0.2) is 35.6 Å². The van der Waals surface area contributed by atoms with Crippen molar-refractivity contribution >= 4 is 38.9 Å². The van der Waals surface area contributed by atoms with Crippen LogP contribution in [0.5, 0.6) is 0 Å². The highest BCUT2D eigenvalue weighted by atomic mass is 32.1. The van der Waals surface area contributed by atoms with E-state index in [-0.39, 0.29) is 23.5 Å². The second-order valence-electron chi connectivity index (χ2n) is 7.16. The van der Waals surface area contributed by atoms with Gasteiger partial charge in [0.2, 0.25) is 0 Å². The number of aromatic amines is 1. The zero-order valence-corrected chi connectivity index (χ0v) is 17.6. The fourth-order valence-electron chi connectivity index (χ4n) is 3.89. The first kappa shape index (κ1) is 19.3. The Labute approximate surface area is 171 Å². The molecule has 0 radical (unpaired) electrons. The molecule has 3 aromatic rings. The summed E-state index contributed by atoms with van der Waals surface area (Å²) in [5.41, 5.74) is 0.892. The van der Waals surface area contributed by atoms with Gasteiger partial charge in [-0.1, -0.05) is 6.07 Å². The number of H-pyrrole nitrogens is 1. The van der Waals surface area contributed by atoms with Gasteiger partial charge in [0.25, 0.3) is 5.56 Å². The topological polar surface area (TPSA) is 76.5 Å². The van der Waals surface area contributed by atoms with Crippen LogP contribution in [-0.2, 0) is 9.53 Å². The Morgan fingerprint density at radius 2 is 2.18 bits per heavy atom. The number of carbonyl (C=O) groups is 1. The normalized spacial score (nSPS) is 20.9. The molecule has 0 aromatic carbocycles. The Morgan fingerprint density at radius 3 is 2.86 bits per heavy atom. The smallest absolute Gasteiger partial charge is 0.309 e. The van der Waals surface area contributed by atoms with Crippen molar-refractivity contribution in [3.05, 3.63) is 39.1 Å². The predicted octanol–water partition coefficient (Wildman–Crippen LogP) is 2.63. The summed E-state index contributed by atoms with van der Waals surface area (Å²) in [5.74, 6) is 0.638. The molecular weight excluding hydrogens is 394 g/mol. The number of hydrogen-bond acceptors (Lipinski definition) is 6. The fraction of sp³-hybridized carbons (Fsp3) is 0.450. The van der Waals surface area contributed by atoms with Gasteiger partial charge < -0.3 is 14.6 Å². The molecule has 0 unspecified atom stereocenters. The van der Waals surface area contributed by atoms with Crippen LogP contribution in [0.1, 0.15) is 38.6 Å². The van der Waals surface area contributed by atoms with Gasteiger partial charge in [0.15, 0.2) is 5.82 Å². The van der Waals surface area contributed by atoms with Gasteiger partial charge in [-0.15, -0.1) is 22.7 Å². The third-order valence-electron chi connectivity index (χ3n) is 5.52. The molecule has 0 spiro atoms. The number of thiophene rings is 2. The fourth-order valence-corrected chi connectivity index (χ4v) is 5.66. The summed E-state index contributed by atoms with van der Waals surface area (Å²) in [4.78, 5) is 35.8. The number of rotatable bonds is 5. The van der Waals surface area contributed by atoms with Gasteiger partial charge in [0.1, 0.15) is 10.9 Å². The maximum atomic E-state index is 12.8. The van der Waals surface area contributed by atoms with Crippen LogP contribution in [0.25, 0.3) is 20.7 Å². The summed E-state index contributed by atoms with van der Waals surface area (Å²) in [6.45, 7) is 6.11. The van der Waals surface area contributed by atoms with Gasteiger partial charge in [-0.25, -0.2) is 4.98 Å². The number of aromatic nitrogens is 2. The summed E-state index contributed by atoms with van der Waals surface area (Å²) < 4.78 is 5.15. The van der Waals surface area contributed by atoms with Crippen LogP contribution in [0.3, 0.4) is 0 Å². The lowest BCUT2D eigenvalue weighted by atomic mass is 9.96. The van der Waals surface area contributed by atoms with Crippen molar-refractivity contribution in [2.75, 3.05) is 19.7 Å². The molecule has 0 aliphatic carbocycles. The lowest BCUT2D eigenvalue weighted by Crippen LogP contribution is -3.13. The van der Waals surface area contributed by atoms with Gasteiger partial charge in [-0.3, -0.25) is 9.59 Å². The van der Waals surface area contributed by atoms with E-state index < -0.39 is 0 Å². The van der Waals surface area contributed by atoms with E-state index >= 15 is 0 Å². The van der Waals surface area contributed by atoms with Crippen LogP contribution in [0, 0.1) is 5.92 Å². The van der Waals surface area contributed by atoms with E-state index in [9.17, 15) is 9.59 Å². The number of carbonyl (C=O) groups excluding carboxylic acids is 1. The molecule has 1 aliphatic rings. The summed E-state index contributed by atoms with van der Waals surface area (Å²) in [6, 6.07) is 4.10. The molecule has 28 heavy (non-hydrogen) atoms. The zero-order chi connectivity index (χ0) is 19.7. The number of quaternary nitrogens is 1. The van der Waals surface area contributed by atoms with Crippen LogP contribution < -0.4 is 10.5 Å². The Balaban J connectivity index is 1.53. The van der Waals surface area contributed by atoms with Crippen LogP contribution in [0.15, 0.2) is 27.7 Å². The minimum Gasteiger partial charge on any atom is -0.466 e. The number of likely N-dealkylation sites (tertiary alicyclic amines) is 1. The van der Waals surface area contributed by atoms with Crippen molar-refractivity contribution in [1.82, 2.24) is 9.97 Å². The molecule has 1 fully saturated rings. The highest BCUT2D eigenvalue weighted by molar-refractivity contribution is 7.18. The largest absolute Gasteiger partial charge is 0.466 e. The molecule has 4 heterocycles. The van der Waals surface area contributed by atoms with Crippen molar-refractivity contribution in [2.24, 2.45) is 5.92 Å². The maximum absolute atomic E-state index is 12.8. The minimum atomic E-state index is -0.0816. The van der Waals surface area contributed by atoms with E-state index in [1.807, 2.05) is 29.8 Å². The summed E-state index contributed by atoms with van der Waals surface area (Å²) in [6.07, 6.45) is 1.62. The van der Waals surface area contributed by atoms with E-state index in [1.165, 1.54) is 16.2 Å². The Morgan fingerprint density at radius 1 is 1.39 bits per heavy atom. The minimum absolute atomic E-state index is 0.00367. The molecule has 1 saturated heterocycles. The molecule has 148 valence electrons. The van der Waals surface area contributed by atoms with E-state index in [0.717, 1.165) is 47.0 Å². The molecule has 1 atom stereocenters. The highest BCUT2D eigenvalue weighted by Gasteiger charge is 2.32. The average molecular weight is 419 g/mol. The first-order valence-corrected chi connectivity index (χ1v) is 11.4. The number of piperidine rings is 1. The molecule has 0 bridgehead atoms. The monoisotopic (exact) mass is 418 g/mol. The van der Waals surface area contributed by atoms with Crippen molar-refractivity contribution < 1.29 is 14.4 Å². The summed E-state index contributed by atoms with van der Waals surface area (Å²) in [5, 5.41) is 4.71. The molecule has 6 nitrogen and oxygen atoms in total. The molecule has 1 aliphatic heterocycles. The van der Waals surface area contributed by atoms with Crippen molar-refractivity contribution in [3.8, 4) is 10.4 Å². The van der Waals surface area contributed by atoms with Gasteiger partial charge in [0.05, 0.1) is 31.0 Å². The number of hydrogen-bond donors (Lipinski definition) is 2. The SMILES string of the molecule is CCOC(=O)C1CC[NH+]([C@@H](C)c2nc3scc(-c4cccs4)c3c(=O)[nH]2)CC1. The van der Waals surface area contributed by atoms with E-state index in [0.29, 0.717) is 12.0 Å². The maximum Gasteiger partial charge on any atom is 0.309 e. The lowest BCUT2D eigenvalue weighted by molar-refractivity contribution is -0.935. The third-order valence-corrected chi connectivity index (χ3v) is 7.29. The predicted molar refractivity (Wildman–Crippen MR) is 112 cm³/mol. The van der Waals surface area contributed by atoms with E-state index in [4.69, 9.17) is 9.72 Å². The molecule has 3 aromatic heterocycles. The van der Waals surface area contributed by atoms with Crippen molar-refractivity contribution in [1.29, 1.82) is 0 Å². The van der Waals surface area contributed by atoms with Crippen molar-refractivity contribution in [3.63, 3.8) is 0 Å². The van der Waals surface area contributed by atoms with Crippen LogP contribution in [0.2, 0.25) is 0 Å². The van der Waals surface area contributed by atoms with Crippen molar-refractivity contribution in [2.45, 2.75) is 32.7 Å². The molecule has 0 amide bonds. The first-order valence-electron chi connectivity index (χ1n) is 9.65. The molecule has 4 rings (SSSR count). The second kappa shape index (κ2) is 8.14. The molecular formula is C20H24N3O3S2+. The summed E-state index contributed by atoms with van der Waals surface area (Å²) >= 11 is 3.15. The molecule has 2 N–H and O–H groups in total. The number of nitrogens with one attached hydrogen (secondary N) is 2. The van der Waals surface area contributed by atoms with E-state index in [1.54, 1.807) is 11.3 Å². The second-order valence-corrected chi connectivity index (χ2v) is 8.97. The number of fused-ring (bicyclic) bond motifs is 1. The highest BCUT2D eigenvalue weighted by Crippen LogP contribution is 2.33. The van der Waals surface area contributed by atoms with E-state index in [2.05, 4.69) is 11.9 Å². The number of esters is 1. The molecule has 0 saturated carbocycles. The van der Waals surface area contributed by atoms with Gasteiger partial charge in [-0.05, 0) is 25.3 Å². The van der Waals surface area contributed by atoms with Gasteiger partial charge >= 0.3 is 5.97 Å². The quantitative estimate of drug-likeness (QED) is 0.625.